The van der Waals surface area contributed by atoms with E-state index in [2.05, 4.69) is 0 Å². The van der Waals surface area contributed by atoms with E-state index in [-0.39, 0.29) is 19.2 Å². The number of hydrogen-bond donors (Lipinski definition) is 1. The number of carbonyl (C=O) groups is 1. The van der Waals surface area contributed by atoms with Gasteiger partial charge in [-0.1, -0.05) is 0 Å². The first-order valence-electron chi connectivity index (χ1n) is 3.75. The first-order valence-corrected chi connectivity index (χ1v) is 3.75. The first-order chi connectivity index (χ1) is 5.41. The van der Waals surface area contributed by atoms with Gasteiger partial charge < -0.3 is 14.7 Å². The van der Waals surface area contributed by atoms with Gasteiger partial charge in [0.2, 0.25) is 5.85 Å². The minimum atomic E-state index is -1.85. The lowest BCUT2D eigenvalue weighted by Crippen LogP contribution is -2.52. The van der Waals surface area contributed by atoms with Gasteiger partial charge in [-0.05, 0) is 13.8 Å². The Balaban J connectivity index is 2.64. The van der Waals surface area contributed by atoms with E-state index in [1.807, 2.05) is 0 Å². The zero-order chi connectivity index (χ0) is 9.35. The molecule has 1 rings (SSSR count). The van der Waals surface area contributed by atoms with E-state index in [0.29, 0.717) is 0 Å². The molecule has 1 N–H and O–H groups in total. The molecule has 4 nitrogen and oxygen atoms in total. The van der Waals surface area contributed by atoms with Crippen LogP contribution >= 0.6 is 0 Å². The summed E-state index contributed by atoms with van der Waals surface area (Å²) in [4.78, 5) is 11.5. The number of carboxylic acid groups (broad SMARTS) is 1. The van der Waals surface area contributed by atoms with Crippen LogP contribution in [0.2, 0.25) is 0 Å². The van der Waals surface area contributed by atoms with Crippen molar-refractivity contribution in [3.8, 4) is 0 Å². The molecule has 0 bridgehead atoms. The second kappa shape index (κ2) is 2.90. The van der Waals surface area contributed by atoms with Crippen LogP contribution in [0.15, 0.2) is 0 Å². The van der Waals surface area contributed by atoms with Gasteiger partial charge in [-0.25, -0.2) is 9.18 Å². The molecule has 0 aliphatic carbocycles. The van der Waals surface area contributed by atoms with E-state index in [9.17, 15) is 9.18 Å². The Hall–Kier alpha value is -0.840. The van der Waals surface area contributed by atoms with Gasteiger partial charge in [-0.2, -0.15) is 0 Å². The standard InChI is InChI=1S/C7H12FNO3/c1-5-3-9(6(10)11)4-7(2,8)12-5/h5H,3-4H2,1-2H3,(H,10,11). The Morgan fingerprint density at radius 1 is 1.83 bits per heavy atom. The summed E-state index contributed by atoms with van der Waals surface area (Å²) >= 11 is 0. The summed E-state index contributed by atoms with van der Waals surface area (Å²) in [5.74, 6) is -1.85. The fourth-order valence-electron chi connectivity index (χ4n) is 1.36. The van der Waals surface area contributed by atoms with Gasteiger partial charge >= 0.3 is 6.09 Å². The fourth-order valence-corrected chi connectivity index (χ4v) is 1.36. The highest BCUT2D eigenvalue weighted by Crippen LogP contribution is 2.22. The van der Waals surface area contributed by atoms with Gasteiger partial charge in [-0.3, -0.25) is 0 Å². The zero-order valence-electron chi connectivity index (χ0n) is 7.08. The average Bonchev–Trinajstić information content (AvgIpc) is 1.82. The molecule has 1 aliphatic rings. The van der Waals surface area contributed by atoms with Crippen molar-refractivity contribution in [3.63, 3.8) is 0 Å². The Labute approximate surface area is 69.9 Å². The van der Waals surface area contributed by atoms with Crippen molar-refractivity contribution < 1.29 is 19.0 Å². The van der Waals surface area contributed by atoms with Crippen LogP contribution in [0, 0.1) is 0 Å². The molecule has 2 atom stereocenters. The smallest absolute Gasteiger partial charge is 0.407 e. The summed E-state index contributed by atoms with van der Waals surface area (Å²) in [6.45, 7) is 2.90. The first kappa shape index (κ1) is 9.25. The molecule has 1 aliphatic heterocycles. The number of rotatable bonds is 0. The van der Waals surface area contributed by atoms with E-state index in [1.165, 1.54) is 6.92 Å². The van der Waals surface area contributed by atoms with Gasteiger partial charge in [0.1, 0.15) is 0 Å². The lowest BCUT2D eigenvalue weighted by Gasteiger charge is -2.37. The second-order valence-electron chi connectivity index (χ2n) is 3.19. The van der Waals surface area contributed by atoms with E-state index < -0.39 is 11.9 Å². The minimum absolute atomic E-state index is 0.216. The fraction of sp³-hybridized carbons (Fsp3) is 0.857. The molecule has 0 aromatic carbocycles. The predicted octanol–water partition coefficient (Wildman–Crippen LogP) is 1.07. The van der Waals surface area contributed by atoms with Crippen LogP contribution in [-0.2, 0) is 4.74 Å². The third-order valence-corrected chi connectivity index (χ3v) is 1.67. The molecule has 0 spiro atoms. The third-order valence-electron chi connectivity index (χ3n) is 1.67. The second-order valence-corrected chi connectivity index (χ2v) is 3.19. The highest BCUT2D eigenvalue weighted by molar-refractivity contribution is 5.65. The number of ether oxygens (including phenoxy) is 1. The molecule has 1 saturated heterocycles. The summed E-state index contributed by atoms with van der Waals surface area (Å²) < 4.78 is 18.1. The maximum atomic E-state index is 13.2. The normalized spacial score (nSPS) is 36.6. The van der Waals surface area contributed by atoms with Crippen LogP contribution in [0.3, 0.4) is 0 Å². The van der Waals surface area contributed by atoms with E-state index >= 15 is 0 Å². The van der Waals surface area contributed by atoms with Crippen LogP contribution in [0.4, 0.5) is 9.18 Å². The SMILES string of the molecule is CC1CN(C(=O)O)CC(C)(F)O1. The van der Waals surface area contributed by atoms with Crippen LogP contribution in [0.5, 0.6) is 0 Å². The summed E-state index contributed by atoms with van der Waals surface area (Å²) in [5.41, 5.74) is 0. The van der Waals surface area contributed by atoms with Crippen LogP contribution < -0.4 is 0 Å². The van der Waals surface area contributed by atoms with Gasteiger partial charge in [0.25, 0.3) is 0 Å². The maximum absolute atomic E-state index is 13.2. The largest absolute Gasteiger partial charge is 0.465 e. The highest BCUT2D eigenvalue weighted by atomic mass is 19.2. The summed E-state index contributed by atoms with van der Waals surface area (Å²) in [6, 6.07) is 0. The van der Waals surface area contributed by atoms with Gasteiger partial charge in [-0.15, -0.1) is 0 Å². The molecule has 2 unspecified atom stereocenters. The molecule has 0 aromatic heterocycles. The topological polar surface area (TPSA) is 49.8 Å². The number of hydrogen-bond acceptors (Lipinski definition) is 2. The number of halogens is 1. The zero-order valence-corrected chi connectivity index (χ0v) is 7.08. The van der Waals surface area contributed by atoms with Crippen molar-refractivity contribution in [2.75, 3.05) is 13.1 Å². The summed E-state index contributed by atoms with van der Waals surface area (Å²) in [7, 11) is 0. The monoisotopic (exact) mass is 177 g/mol. The van der Waals surface area contributed by atoms with Crippen molar-refractivity contribution in [3.05, 3.63) is 0 Å². The molecule has 1 fully saturated rings. The molecule has 1 heterocycles. The molecule has 5 heteroatoms. The summed E-state index contributed by atoms with van der Waals surface area (Å²) in [6.07, 6.45) is -1.49. The number of nitrogens with zero attached hydrogens (tertiary/aromatic N) is 1. The lowest BCUT2D eigenvalue weighted by molar-refractivity contribution is -0.202. The molecular weight excluding hydrogens is 165 g/mol. The van der Waals surface area contributed by atoms with Crippen molar-refractivity contribution in [2.45, 2.75) is 25.8 Å². The third kappa shape index (κ3) is 2.07. The minimum Gasteiger partial charge on any atom is -0.465 e. The number of alkyl halides is 1. The average molecular weight is 177 g/mol. The molecule has 12 heavy (non-hydrogen) atoms. The number of morpholine rings is 1. The van der Waals surface area contributed by atoms with Crippen molar-refractivity contribution >= 4 is 6.09 Å². The Morgan fingerprint density at radius 3 is 2.83 bits per heavy atom. The van der Waals surface area contributed by atoms with E-state index in [4.69, 9.17) is 9.84 Å². The Bertz CT molecular complexity index is 195. The van der Waals surface area contributed by atoms with E-state index in [1.54, 1.807) is 6.92 Å². The number of amides is 1. The Kier molecular flexibility index (Phi) is 2.23. The Morgan fingerprint density at radius 2 is 2.42 bits per heavy atom. The molecule has 70 valence electrons. The molecular formula is C7H12FNO3. The van der Waals surface area contributed by atoms with Crippen LogP contribution in [0.25, 0.3) is 0 Å². The van der Waals surface area contributed by atoms with Crippen molar-refractivity contribution in [1.82, 2.24) is 4.90 Å². The molecule has 1 amide bonds. The van der Waals surface area contributed by atoms with Gasteiger partial charge in [0.15, 0.2) is 0 Å². The van der Waals surface area contributed by atoms with Gasteiger partial charge in [0.05, 0.1) is 19.2 Å². The van der Waals surface area contributed by atoms with Crippen molar-refractivity contribution in [2.24, 2.45) is 0 Å². The van der Waals surface area contributed by atoms with Gasteiger partial charge in [0, 0.05) is 0 Å². The lowest BCUT2D eigenvalue weighted by atomic mass is 10.2. The molecule has 0 aromatic rings. The predicted molar refractivity (Wildman–Crippen MR) is 39.7 cm³/mol. The molecule has 0 radical (unpaired) electrons. The maximum Gasteiger partial charge on any atom is 0.407 e. The van der Waals surface area contributed by atoms with Crippen molar-refractivity contribution in [1.29, 1.82) is 0 Å². The van der Waals surface area contributed by atoms with E-state index in [0.717, 1.165) is 4.90 Å². The van der Waals surface area contributed by atoms with Crippen LogP contribution in [0.1, 0.15) is 13.8 Å². The molecule has 0 saturated carbocycles. The quantitative estimate of drug-likeness (QED) is 0.602. The summed E-state index contributed by atoms with van der Waals surface area (Å²) in [5, 5.41) is 8.59. The van der Waals surface area contributed by atoms with Crippen LogP contribution in [-0.4, -0.2) is 41.1 Å². The highest BCUT2D eigenvalue weighted by Gasteiger charge is 2.37.